The summed E-state index contributed by atoms with van der Waals surface area (Å²) >= 11 is 0. The number of hydrogen-bond donors (Lipinski definition) is 1. The lowest BCUT2D eigenvalue weighted by molar-refractivity contribution is -0.151. The highest BCUT2D eigenvalue weighted by atomic mass is 16.5. The normalized spacial score (nSPS) is 11.9. The molecule has 1 N–H and O–H groups in total. The van der Waals surface area contributed by atoms with E-state index in [1.165, 1.54) is 193 Å². The molecule has 0 saturated carbocycles. The number of esters is 1. The SMILES string of the molecule is CCCCCCCCCCCCCCCCCCC(CCCCCCCCCCCCCCCCCC)OC(=O)CCC(=O)NCCOCC(C)(C)OCCC(C)C. The monoisotopic (exact) mass is 822 g/mol. The lowest BCUT2D eigenvalue weighted by atomic mass is 10.0. The lowest BCUT2D eigenvalue weighted by Gasteiger charge is -2.25. The van der Waals surface area contributed by atoms with Gasteiger partial charge in [0.05, 0.1) is 25.2 Å². The van der Waals surface area contributed by atoms with Crippen LogP contribution in [0.4, 0.5) is 0 Å². The standard InChI is InChI=1S/C52H103NO5/c1-7-9-11-13-15-17-19-21-23-25-27-29-31-33-35-37-39-49(40-38-36-34-32-30-28-26-24-22-20-18-16-14-12-10-8-2)58-51(55)42-41-50(54)53-44-46-56-47-52(5,6)57-45-43-48(3)4/h48-49H,7-47H2,1-6H3,(H,53,54). The molecule has 58 heavy (non-hydrogen) atoms. The van der Waals surface area contributed by atoms with Gasteiger partial charge in [0.25, 0.3) is 0 Å². The van der Waals surface area contributed by atoms with Crippen LogP contribution in [0.25, 0.3) is 0 Å². The molecule has 0 aromatic heterocycles. The predicted molar refractivity (Wildman–Crippen MR) is 251 cm³/mol. The number of amides is 1. The average molecular weight is 822 g/mol. The summed E-state index contributed by atoms with van der Waals surface area (Å²) < 4.78 is 17.7. The highest BCUT2D eigenvalue weighted by Crippen LogP contribution is 2.20. The van der Waals surface area contributed by atoms with Crippen LogP contribution in [0.5, 0.6) is 0 Å². The first-order valence-electron chi connectivity index (χ1n) is 25.9. The number of carbonyl (C=O) groups excluding carboxylic acids is 2. The van der Waals surface area contributed by atoms with Gasteiger partial charge in [-0.25, -0.2) is 0 Å². The third-order valence-electron chi connectivity index (χ3n) is 11.8. The fraction of sp³-hybridized carbons (Fsp3) is 0.962. The van der Waals surface area contributed by atoms with E-state index in [1.807, 2.05) is 13.8 Å². The molecule has 0 aromatic rings. The third-order valence-corrected chi connectivity index (χ3v) is 11.8. The highest BCUT2D eigenvalue weighted by molar-refractivity contribution is 5.81. The zero-order valence-electron chi connectivity index (χ0n) is 40.2. The predicted octanol–water partition coefficient (Wildman–Crippen LogP) is 16.0. The van der Waals surface area contributed by atoms with E-state index >= 15 is 0 Å². The van der Waals surface area contributed by atoms with Crippen molar-refractivity contribution < 1.29 is 23.8 Å². The minimum atomic E-state index is -0.350. The Morgan fingerprint density at radius 1 is 0.483 bits per heavy atom. The maximum Gasteiger partial charge on any atom is 0.306 e. The summed E-state index contributed by atoms with van der Waals surface area (Å²) in [5, 5.41) is 2.89. The average Bonchev–Trinajstić information content (AvgIpc) is 3.19. The Labute approximate surface area is 363 Å². The van der Waals surface area contributed by atoms with Crippen LogP contribution in [-0.2, 0) is 23.8 Å². The second-order valence-corrected chi connectivity index (χ2v) is 19.0. The van der Waals surface area contributed by atoms with E-state index in [0.29, 0.717) is 25.7 Å². The van der Waals surface area contributed by atoms with Gasteiger partial charge in [0.2, 0.25) is 5.91 Å². The van der Waals surface area contributed by atoms with Crippen LogP contribution < -0.4 is 5.32 Å². The van der Waals surface area contributed by atoms with Gasteiger partial charge in [0.15, 0.2) is 0 Å². The van der Waals surface area contributed by atoms with Crippen molar-refractivity contribution in [2.75, 3.05) is 26.4 Å². The first kappa shape index (κ1) is 56.9. The molecule has 1 amide bonds. The van der Waals surface area contributed by atoms with E-state index in [0.717, 1.165) is 38.7 Å². The maximum atomic E-state index is 12.9. The molecule has 0 bridgehead atoms. The van der Waals surface area contributed by atoms with Crippen LogP contribution in [0, 0.1) is 5.92 Å². The van der Waals surface area contributed by atoms with Gasteiger partial charge >= 0.3 is 5.97 Å². The van der Waals surface area contributed by atoms with E-state index < -0.39 is 0 Å². The molecule has 0 aliphatic rings. The number of hydrogen-bond acceptors (Lipinski definition) is 5. The fourth-order valence-electron chi connectivity index (χ4n) is 7.84. The number of rotatable bonds is 47. The zero-order valence-corrected chi connectivity index (χ0v) is 40.2. The van der Waals surface area contributed by atoms with Crippen molar-refractivity contribution in [2.24, 2.45) is 5.92 Å². The van der Waals surface area contributed by atoms with Gasteiger partial charge in [0, 0.05) is 19.6 Å². The second-order valence-electron chi connectivity index (χ2n) is 19.0. The molecule has 0 aliphatic heterocycles. The summed E-state index contributed by atoms with van der Waals surface area (Å²) in [4.78, 5) is 25.4. The molecule has 0 aromatic carbocycles. The van der Waals surface area contributed by atoms with Gasteiger partial charge in [-0.15, -0.1) is 0 Å². The lowest BCUT2D eigenvalue weighted by Crippen LogP contribution is -2.34. The Bertz CT molecular complexity index is 825. The Morgan fingerprint density at radius 2 is 0.845 bits per heavy atom. The topological polar surface area (TPSA) is 73.9 Å². The molecule has 346 valence electrons. The third kappa shape index (κ3) is 44.4. The van der Waals surface area contributed by atoms with Gasteiger partial charge in [-0.1, -0.05) is 220 Å². The van der Waals surface area contributed by atoms with Crippen molar-refractivity contribution in [3.8, 4) is 0 Å². The van der Waals surface area contributed by atoms with E-state index in [9.17, 15) is 9.59 Å². The van der Waals surface area contributed by atoms with Crippen LogP contribution in [0.2, 0.25) is 0 Å². The van der Waals surface area contributed by atoms with Gasteiger partial charge < -0.3 is 19.5 Å². The Kier molecular flexibility index (Phi) is 43.1. The smallest absolute Gasteiger partial charge is 0.306 e. The van der Waals surface area contributed by atoms with Crippen molar-refractivity contribution in [2.45, 2.75) is 291 Å². The first-order valence-corrected chi connectivity index (χ1v) is 25.9. The number of ether oxygens (including phenoxy) is 3. The molecule has 0 unspecified atom stereocenters. The largest absolute Gasteiger partial charge is 0.462 e. The summed E-state index contributed by atoms with van der Waals surface area (Å²) in [6.07, 6.45) is 46.8. The minimum Gasteiger partial charge on any atom is -0.462 e. The molecular weight excluding hydrogens is 719 g/mol. The number of carbonyl (C=O) groups is 2. The highest BCUT2D eigenvalue weighted by Gasteiger charge is 2.19. The summed E-state index contributed by atoms with van der Waals surface area (Å²) in [5.74, 6) is 0.257. The van der Waals surface area contributed by atoms with Gasteiger partial charge in [0.1, 0.15) is 6.10 Å². The molecular formula is C52H103NO5. The molecule has 6 heteroatoms. The van der Waals surface area contributed by atoms with Crippen molar-refractivity contribution in [3.05, 3.63) is 0 Å². The van der Waals surface area contributed by atoms with E-state index in [1.54, 1.807) is 0 Å². The Morgan fingerprint density at radius 3 is 1.21 bits per heavy atom. The van der Waals surface area contributed by atoms with E-state index in [4.69, 9.17) is 14.2 Å². The Balaban J connectivity index is 4.29. The van der Waals surface area contributed by atoms with Crippen molar-refractivity contribution >= 4 is 11.9 Å². The molecule has 0 fully saturated rings. The van der Waals surface area contributed by atoms with Crippen LogP contribution in [0.1, 0.15) is 279 Å². The zero-order chi connectivity index (χ0) is 42.6. The van der Waals surface area contributed by atoms with Gasteiger partial charge in [-0.2, -0.15) is 0 Å². The second kappa shape index (κ2) is 43.9. The molecule has 0 aliphatic carbocycles. The quantitative estimate of drug-likeness (QED) is 0.0489. The summed E-state index contributed by atoms with van der Waals surface area (Å²) in [6.45, 7) is 15.1. The van der Waals surface area contributed by atoms with Crippen molar-refractivity contribution in [1.29, 1.82) is 0 Å². The number of unbranched alkanes of at least 4 members (excludes halogenated alkanes) is 30. The molecule has 0 heterocycles. The first-order chi connectivity index (χ1) is 28.2. The van der Waals surface area contributed by atoms with Crippen LogP contribution in [0.3, 0.4) is 0 Å². The fourth-order valence-corrected chi connectivity index (χ4v) is 7.84. The molecule has 0 rings (SSSR count). The van der Waals surface area contributed by atoms with E-state index in [-0.39, 0.29) is 36.4 Å². The molecule has 0 spiro atoms. The van der Waals surface area contributed by atoms with Crippen LogP contribution in [-0.4, -0.2) is 49.9 Å². The molecule has 0 atom stereocenters. The molecule has 0 saturated heterocycles. The van der Waals surface area contributed by atoms with Gasteiger partial charge in [-0.3, -0.25) is 9.59 Å². The Hall–Kier alpha value is -1.14. The summed E-state index contributed by atoms with van der Waals surface area (Å²) in [6, 6.07) is 0. The maximum absolute atomic E-state index is 12.9. The van der Waals surface area contributed by atoms with Crippen LogP contribution >= 0.6 is 0 Å². The summed E-state index contributed by atoms with van der Waals surface area (Å²) in [5.41, 5.74) is -0.350. The number of nitrogens with one attached hydrogen (secondary N) is 1. The molecule has 6 nitrogen and oxygen atoms in total. The van der Waals surface area contributed by atoms with Crippen molar-refractivity contribution in [1.82, 2.24) is 5.32 Å². The van der Waals surface area contributed by atoms with Crippen LogP contribution in [0.15, 0.2) is 0 Å². The van der Waals surface area contributed by atoms with Crippen molar-refractivity contribution in [3.63, 3.8) is 0 Å². The van der Waals surface area contributed by atoms with E-state index in [2.05, 4.69) is 33.0 Å². The van der Waals surface area contributed by atoms with Gasteiger partial charge in [-0.05, 0) is 51.9 Å². The molecule has 0 radical (unpaired) electrons. The summed E-state index contributed by atoms with van der Waals surface area (Å²) in [7, 11) is 0. The minimum absolute atomic E-state index is 0.0200.